The number of amides is 1. The second-order valence-corrected chi connectivity index (χ2v) is 7.22. The van der Waals surface area contributed by atoms with Gasteiger partial charge in [0, 0.05) is 24.5 Å². The summed E-state index contributed by atoms with van der Waals surface area (Å²) in [6.45, 7) is 4.44. The van der Waals surface area contributed by atoms with Gasteiger partial charge in [0.05, 0.1) is 5.69 Å². The molecule has 1 amide bonds. The summed E-state index contributed by atoms with van der Waals surface area (Å²) in [5, 5.41) is 7.34. The highest BCUT2D eigenvalue weighted by Gasteiger charge is 2.11. The van der Waals surface area contributed by atoms with Crippen LogP contribution < -0.4 is 10.9 Å². The average molecular weight is 386 g/mol. The van der Waals surface area contributed by atoms with Gasteiger partial charge in [0.1, 0.15) is 12.1 Å². The summed E-state index contributed by atoms with van der Waals surface area (Å²) in [6, 6.07) is 17.7. The van der Waals surface area contributed by atoms with Crippen LogP contribution in [0.2, 0.25) is 0 Å². The largest absolute Gasteiger partial charge is 0.350 e. The number of benzene rings is 2. The molecule has 2 heterocycles. The Morgan fingerprint density at radius 3 is 2.31 bits per heavy atom. The number of hydrogen-bond donors (Lipinski definition) is 1. The van der Waals surface area contributed by atoms with Crippen molar-refractivity contribution in [2.24, 2.45) is 0 Å². The number of nitrogens with one attached hydrogen (secondary N) is 1. The van der Waals surface area contributed by atoms with E-state index in [0.717, 1.165) is 22.4 Å². The van der Waals surface area contributed by atoms with E-state index in [1.807, 2.05) is 62.4 Å². The van der Waals surface area contributed by atoms with Crippen molar-refractivity contribution in [3.63, 3.8) is 0 Å². The van der Waals surface area contributed by atoms with Crippen LogP contribution in [0, 0.1) is 13.8 Å². The first-order chi connectivity index (χ1) is 14.0. The van der Waals surface area contributed by atoms with Crippen LogP contribution in [0.5, 0.6) is 0 Å². The molecule has 0 unspecified atom stereocenters. The summed E-state index contributed by atoms with van der Waals surface area (Å²) in [6.07, 6.45) is 3.29. The molecule has 1 N–H and O–H groups in total. The van der Waals surface area contributed by atoms with Gasteiger partial charge in [-0.3, -0.25) is 9.59 Å². The van der Waals surface area contributed by atoms with Crippen molar-refractivity contribution in [1.29, 1.82) is 0 Å². The number of nitrogens with zero attached hydrogens (tertiary/aromatic N) is 3. The fourth-order valence-electron chi connectivity index (χ4n) is 3.13. The third-order valence-electron chi connectivity index (χ3n) is 4.88. The van der Waals surface area contributed by atoms with Gasteiger partial charge in [-0.2, -0.15) is 5.10 Å². The van der Waals surface area contributed by atoms with Crippen LogP contribution in [0.1, 0.15) is 16.7 Å². The Bertz CT molecular complexity index is 1220. The van der Waals surface area contributed by atoms with Crippen molar-refractivity contribution >= 4 is 11.4 Å². The van der Waals surface area contributed by atoms with Gasteiger partial charge in [0.25, 0.3) is 5.56 Å². The molecule has 0 atom stereocenters. The molecule has 0 bridgehead atoms. The van der Waals surface area contributed by atoms with Crippen LogP contribution >= 0.6 is 0 Å². The molecule has 2 aromatic carbocycles. The van der Waals surface area contributed by atoms with Crippen molar-refractivity contribution in [2.45, 2.75) is 26.9 Å². The number of rotatable bonds is 5. The van der Waals surface area contributed by atoms with Gasteiger partial charge in [0.2, 0.25) is 5.91 Å². The van der Waals surface area contributed by atoms with Gasteiger partial charge in [-0.25, -0.2) is 4.52 Å². The number of aromatic nitrogens is 3. The number of carbonyl (C=O) groups is 1. The Hall–Kier alpha value is -3.67. The van der Waals surface area contributed by atoms with E-state index in [-0.39, 0.29) is 18.0 Å². The molecule has 6 nitrogen and oxygen atoms in total. The third kappa shape index (κ3) is 4.11. The maximum absolute atomic E-state index is 12.8. The number of aryl methyl sites for hydroxylation is 2. The van der Waals surface area contributed by atoms with Gasteiger partial charge in [-0.15, -0.1) is 0 Å². The van der Waals surface area contributed by atoms with Crippen molar-refractivity contribution < 1.29 is 4.79 Å². The lowest BCUT2D eigenvalue weighted by molar-refractivity contribution is -0.121. The predicted molar refractivity (Wildman–Crippen MR) is 113 cm³/mol. The van der Waals surface area contributed by atoms with Crippen molar-refractivity contribution in [2.75, 3.05) is 0 Å². The first kappa shape index (κ1) is 18.7. The normalized spacial score (nSPS) is 11.0. The highest BCUT2D eigenvalue weighted by molar-refractivity contribution is 5.76. The summed E-state index contributed by atoms with van der Waals surface area (Å²) >= 11 is 0. The molecule has 0 fully saturated rings. The van der Waals surface area contributed by atoms with Gasteiger partial charge in [-0.05, 0) is 25.5 Å². The molecule has 4 aromatic rings. The molecule has 0 saturated heterocycles. The topological polar surface area (TPSA) is 68.4 Å². The fraction of sp³-hybridized carbons (Fsp3) is 0.174. The lowest BCUT2D eigenvalue weighted by Gasteiger charge is -2.08. The zero-order chi connectivity index (χ0) is 20.4. The summed E-state index contributed by atoms with van der Waals surface area (Å²) in [4.78, 5) is 25.1. The molecule has 146 valence electrons. The minimum atomic E-state index is -0.246. The first-order valence-corrected chi connectivity index (χ1v) is 9.48. The molecule has 0 aliphatic heterocycles. The van der Waals surface area contributed by atoms with Gasteiger partial charge in [0.15, 0.2) is 0 Å². The van der Waals surface area contributed by atoms with Crippen LogP contribution in [-0.4, -0.2) is 20.1 Å². The Balaban J connectivity index is 1.51. The first-order valence-electron chi connectivity index (χ1n) is 9.48. The second-order valence-electron chi connectivity index (χ2n) is 7.22. The number of fused-ring (bicyclic) bond motifs is 1. The van der Waals surface area contributed by atoms with Crippen LogP contribution in [-0.2, 0) is 17.9 Å². The molecule has 29 heavy (non-hydrogen) atoms. The molecule has 0 spiro atoms. The maximum atomic E-state index is 12.8. The average Bonchev–Trinajstić information content (AvgIpc) is 3.15. The SMILES string of the molecule is Cc1ccc(CNC(=O)Cn2ccn3nc(-c4ccc(C)cc4)cc3c2=O)cc1. The Morgan fingerprint density at radius 2 is 1.62 bits per heavy atom. The molecular weight excluding hydrogens is 364 g/mol. The molecule has 6 heteroatoms. The predicted octanol–water partition coefficient (Wildman–Crippen LogP) is 3.10. The van der Waals surface area contributed by atoms with E-state index >= 15 is 0 Å². The Morgan fingerprint density at radius 1 is 0.966 bits per heavy atom. The lowest BCUT2D eigenvalue weighted by Crippen LogP contribution is -2.32. The van der Waals surface area contributed by atoms with E-state index in [0.29, 0.717) is 12.1 Å². The third-order valence-corrected chi connectivity index (χ3v) is 4.88. The summed E-state index contributed by atoms with van der Waals surface area (Å²) in [7, 11) is 0. The molecule has 0 aliphatic rings. The zero-order valence-corrected chi connectivity index (χ0v) is 16.4. The minimum absolute atomic E-state index is 0.0355. The molecular formula is C23H22N4O2. The standard InChI is InChI=1S/C23H22N4O2/c1-16-3-7-18(8-4-16)14-24-22(28)15-26-11-12-27-21(23(26)29)13-20(25-27)19-9-5-17(2)6-10-19/h3-13H,14-15H2,1-2H3,(H,24,28). The van der Waals surface area contributed by atoms with Gasteiger partial charge in [-0.1, -0.05) is 59.7 Å². The molecule has 0 aliphatic carbocycles. The van der Waals surface area contributed by atoms with Crippen LogP contribution in [0.4, 0.5) is 0 Å². The van der Waals surface area contributed by atoms with Crippen LogP contribution in [0.15, 0.2) is 71.8 Å². The summed E-state index contributed by atoms with van der Waals surface area (Å²) < 4.78 is 2.96. The van der Waals surface area contributed by atoms with E-state index in [1.54, 1.807) is 23.0 Å². The summed E-state index contributed by atoms with van der Waals surface area (Å²) in [5.41, 5.74) is 5.22. The van der Waals surface area contributed by atoms with E-state index in [4.69, 9.17) is 0 Å². The highest BCUT2D eigenvalue weighted by Crippen LogP contribution is 2.18. The maximum Gasteiger partial charge on any atom is 0.277 e. The smallest absolute Gasteiger partial charge is 0.277 e. The molecule has 0 radical (unpaired) electrons. The molecule has 2 aromatic heterocycles. The van der Waals surface area contributed by atoms with Crippen molar-refractivity contribution in [3.05, 3.63) is 94.0 Å². The van der Waals surface area contributed by atoms with E-state index < -0.39 is 0 Å². The summed E-state index contributed by atoms with van der Waals surface area (Å²) in [5.74, 6) is -0.213. The quantitative estimate of drug-likeness (QED) is 0.573. The number of hydrogen-bond acceptors (Lipinski definition) is 3. The second kappa shape index (κ2) is 7.75. The minimum Gasteiger partial charge on any atom is -0.350 e. The molecule has 4 rings (SSSR count). The van der Waals surface area contributed by atoms with E-state index in [9.17, 15) is 9.59 Å². The lowest BCUT2D eigenvalue weighted by atomic mass is 10.1. The fourth-order valence-corrected chi connectivity index (χ4v) is 3.13. The van der Waals surface area contributed by atoms with Crippen LogP contribution in [0.25, 0.3) is 16.8 Å². The van der Waals surface area contributed by atoms with E-state index in [1.165, 1.54) is 10.1 Å². The zero-order valence-electron chi connectivity index (χ0n) is 16.4. The van der Waals surface area contributed by atoms with Crippen molar-refractivity contribution in [1.82, 2.24) is 19.5 Å². The van der Waals surface area contributed by atoms with E-state index in [2.05, 4.69) is 10.4 Å². The monoisotopic (exact) mass is 386 g/mol. The van der Waals surface area contributed by atoms with Crippen molar-refractivity contribution in [3.8, 4) is 11.3 Å². The van der Waals surface area contributed by atoms with Crippen LogP contribution in [0.3, 0.4) is 0 Å². The van der Waals surface area contributed by atoms with Gasteiger partial charge < -0.3 is 9.88 Å². The number of carbonyl (C=O) groups excluding carboxylic acids is 1. The molecule has 0 saturated carbocycles. The Labute approximate surface area is 168 Å². The Kier molecular flexibility index (Phi) is 4.99. The highest BCUT2D eigenvalue weighted by atomic mass is 16.2. The van der Waals surface area contributed by atoms with Gasteiger partial charge >= 0.3 is 0 Å².